The van der Waals surface area contributed by atoms with Crippen LogP contribution >= 0.6 is 15.9 Å². The van der Waals surface area contributed by atoms with Gasteiger partial charge in [0.2, 0.25) is 5.91 Å². The molecule has 0 aliphatic heterocycles. The van der Waals surface area contributed by atoms with Crippen LogP contribution in [-0.4, -0.2) is 17.0 Å². The second-order valence-corrected chi connectivity index (χ2v) is 5.12. The average Bonchev–Trinajstić information content (AvgIpc) is 2.38. The summed E-state index contributed by atoms with van der Waals surface area (Å²) in [6.07, 6.45) is 0. The summed E-state index contributed by atoms with van der Waals surface area (Å²) in [5, 5.41) is 20.4. The monoisotopic (exact) mass is 324 g/mol. The van der Waals surface area contributed by atoms with Crippen molar-refractivity contribution < 1.29 is 14.7 Å². The molecule has 100 valence electrons. The second kappa shape index (κ2) is 6.34. The minimum absolute atomic E-state index is 0.318. The lowest BCUT2D eigenvalue weighted by Crippen LogP contribution is -2.30. The number of carboxylic acid groups (broad SMARTS) is 1. The molecule has 0 saturated carbocycles. The van der Waals surface area contributed by atoms with E-state index in [9.17, 15) is 9.59 Å². The van der Waals surface area contributed by atoms with Crippen molar-refractivity contribution in [3.05, 3.63) is 28.2 Å². The Bertz CT molecular complexity index is 551. The number of nitrogens with zero attached hydrogens (tertiary/aromatic N) is 1. The summed E-state index contributed by atoms with van der Waals surface area (Å²) < 4.78 is 0.731. The largest absolute Gasteiger partial charge is 0.481 e. The number of nitrogens with one attached hydrogen (secondary N) is 1. The number of hydrogen-bond acceptors (Lipinski definition) is 3. The van der Waals surface area contributed by atoms with Gasteiger partial charge in [0.05, 0.1) is 17.2 Å². The predicted molar refractivity (Wildman–Crippen MR) is 73.5 cm³/mol. The highest BCUT2D eigenvalue weighted by atomic mass is 79.9. The first-order chi connectivity index (χ1) is 8.86. The molecule has 1 rings (SSSR count). The van der Waals surface area contributed by atoms with E-state index in [0.717, 1.165) is 4.47 Å². The van der Waals surface area contributed by atoms with Crippen LogP contribution in [0.2, 0.25) is 0 Å². The molecular weight excluding hydrogens is 312 g/mol. The van der Waals surface area contributed by atoms with Gasteiger partial charge in [-0.3, -0.25) is 9.59 Å². The van der Waals surface area contributed by atoms with E-state index in [1.807, 2.05) is 6.07 Å². The van der Waals surface area contributed by atoms with Gasteiger partial charge in [0, 0.05) is 10.4 Å². The lowest BCUT2D eigenvalue weighted by molar-refractivity contribution is -0.145. The molecule has 0 bridgehead atoms. The zero-order valence-corrected chi connectivity index (χ0v) is 12.1. The molecule has 0 saturated heterocycles. The average molecular weight is 325 g/mol. The Morgan fingerprint density at radius 2 is 2.00 bits per heavy atom. The zero-order valence-electron chi connectivity index (χ0n) is 10.5. The first kappa shape index (κ1) is 15.2. The Kier molecular flexibility index (Phi) is 5.07. The number of halogens is 1. The lowest BCUT2D eigenvalue weighted by atomic mass is 9.95. The Labute approximate surface area is 119 Å². The molecule has 1 aromatic carbocycles. The Hall–Kier alpha value is -1.87. The number of benzene rings is 1. The summed E-state index contributed by atoms with van der Waals surface area (Å²) in [4.78, 5) is 22.7. The van der Waals surface area contributed by atoms with Crippen molar-refractivity contribution in [2.75, 3.05) is 5.32 Å². The highest BCUT2D eigenvalue weighted by molar-refractivity contribution is 9.10. The van der Waals surface area contributed by atoms with Gasteiger partial charge in [-0.2, -0.15) is 5.26 Å². The van der Waals surface area contributed by atoms with E-state index in [0.29, 0.717) is 11.3 Å². The van der Waals surface area contributed by atoms with Gasteiger partial charge in [0.25, 0.3) is 0 Å². The smallest absolute Gasteiger partial charge is 0.307 e. The minimum atomic E-state index is -1.03. The van der Waals surface area contributed by atoms with Crippen molar-refractivity contribution in [3.8, 4) is 6.07 Å². The van der Waals surface area contributed by atoms with Crippen LogP contribution in [0.1, 0.15) is 19.4 Å². The third-order valence-electron chi connectivity index (χ3n) is 2.91. The molecule has 0 fully saturated rings. The van der Waals surface area contributed by atoms with Crippen LogP contribution in [0.4, 0.5) is 5.69 Å². The van der Waals surface area contributed by atoms with Gasteiger partial charge in [0.15, 0.2) is 0 Å². The number of carbonyl (C=O) groups is 2. The van der Waals surface area contributed by atoms with E-state index in [-0.39, 0.29) is 0 Å². The van der Waals surface area contributed by atoms with Gasteiger partial charge in [-0.05, 0) is 18.2 Å². The van der Waals surface area contributed by atoms with Gasteiger partial charge >= 0.3 is 5.97 Å². The molecule has 0 aliphatic carbocycles. The molecule has 0 spiro atoms. The number of rotatable bonds is 4. The number of aliphatic carboxylic acids is 1. The number of carboxylic acids is 1. The molecule has 1 amide bonds. The van der Waals surface area contributed by atoms with Gasteiger partial charge in [0.1, 0.15) is 6.07 Å². The molecule has 5 nitrogen and oxygen atoms in total. The molecule has 0 aliphatic rings. The number of nitriles is 1. The summed E-state index contributed by atoms with van der Waals surface area (Å²) in [6.45, 7) is 3.01. The molecule has 2 unspecified atom stereocenters. The lowest BCUT2D eigenvalue weighted by Gasteiger charge is -2.16. The summed E-state index contributed by atoms with van der Waals surface area (Å²) in [7, 11) is 0. The number of carbonyl (C=O) groups excluding carboxylic acids is 1. The van der Waals surface area contributed by atoms with E-state index in [2.05, 4.69) is 21.2 Å². The first-order valence-electron chi connectivity index (χ1n) is 5.60. The highest BCUT2D eigenvalue weighted by Crippen LogP contribution is 2.22. The summed E-state index contributed by atoms with van der Waals surface area (Å²) in [5.41, 5.74) is 0.693. The molecule has 0 heterocycles. The van der Waals surface area contributed by atoms with Crippen LogP contribution in [0.15, 0.2) is 22.7 Å². The number of anilines is 1. The van der Waals surface area contributed by atoms with E-state index in [1.54, 1.807) is 25.1 Å². The van der Waals surface area contributed by atoms with Gasteiger partial charge in [-0.1, -0.05) is 29.8 Å². The second-order valence-electron chi connectivity index (χ2n) is 4.21. The van der Waals surface area contributed by atoms with Crippen molar-refractivity contribution in [3.63, 3.8) is 0 Å². The Balaban J connectivity index is 2.89. The van der Waals surface area contributed by atoms with Crippen molar-refractivity contribution in [1.82, 2.24) is 0 Å². The number of amides is 1. The molecule has 6 heteroatoms. The molecule has 1 aromatic rings. The molecule has 0 aromatic heterocycles. The summed E-state index contributed by atoms with van der Waals surface area (Å²) in [5.74, 6) is -2.93. The molecule has 2 N–H and O–H groups in total. The van der Waals surface area contributed by atoms with Crippen LogP contribution < -0.4 is 5.32 Å². The Morgan fingerprint density at radius 1 is 1.37 bits per heavy atom. The fourth-order valence-electron chi connectivity index (χ4n) is 1.41. The van der Waals surface area contributed by atoms with Crippen molar-refractivity contribution in [1.29, 1.82) is 5.26 Å². The summed E-state index contributed by atoms with van der Waals surface area (Å²) in [6, 6.07) is 6.85. The van der Waals surface area contributed by atoms with Crippen molar-refractivity contribution in [2.24, 2.45) is 11.8 Å². The van der Waals surface area contributed by atoms with Crippen LogP contribution in [-0.2, 0) is 9.59 Å². The maximum atomic E-state index is 11.9. The maximum Gasteiger partial charge on any atom is 0.307 e. The van der Waals surface area contributed by atoms with Gasteiger partial charge < -0.3 is 10.4 Å². The SMILES string of the molecule is CC(C(=O)O)C(C)C(=O)Nc1ccc(Br)cc1C#N. The Morgan fingerprint density at radius 3 is 2.53 bits per heavy atom. The van der Waals surface area contributed by atoms with Gasteiger partial charge in [-0.25, -0.2) is 0 Å². The minimum Gasteiger partial charge on any atom is -0.481 e. The quantitative estimate of drug-likeness (QED) is 0.890. The fourth-order valence-corrected chi connectivity index (χ4v) is 1.77. The van der Waals surface area contributed by atoms with Crippen LogP contribution in [0, 0.1) is 23.2 Å². The van der Waals surface area contributed by atoms with Crippen LogP contribution in [0.25, 0.3) is 0 Å². The summed E-state index contributed by atoms with van der Waals surface area (Å²) >= 11 is 3.23. The molecule has 19 heavy (non-hydrogen) atoms. The van der Waals surface area contributed by atoms with E-state index >= 15 is 0 Å². The standard InChI is InChI=1S/C13H13BrN2O3/c1-7(8(2)13(18)19)12(17)16-11-4-3-10(14)5-9(11)6-15/h3-5,7-8H,1-2H3,(H,16,17)(H,18,19). The predicted octanol–water partition coefficient (Wildman–Crippen LogP) is 2.62. The molecular formula is C13H13BrN2O3. The fraction of sp³-hybridized carbons (Fsp3) is 0.308. The number of hydrogen-bond donors (Lipinski definition) is 2. The maximum absolute atomic E-state index is 11.9. The van der Waals surface area contributed by atoms with E-state index < -0.39 is 23.7 Å². The molecule has 0 radical (unpaired) electrons. The third kappa shape index (κ3) is 3.80. The van der Waals surface area contributed by atoms with Crippen LogP contribution in [0.5, 0.6) is 0 Å². The van der Waals surface area contributed by atoms with Gasteiger partial charge in [-0.15, -0.1) is 0 Å². The third-order valence-corrected chi connectivity index (χ3v) is 3.41. The topological polar surface area (TPSA) is 90.2 Å². The zero-order chi connectivity index (χ0) is 14.6. The normalized spacial score (nSPS) is 13.2. The molecule has 2 atom stereocenters. The van der Waals surface area contributed by atoms with E-state index in [1.165, 1.54) is 6.92 Å². The van der Waals surface area contributed by atoms with Crippen LogP contribution in [0.3, 0.4) is 0 Å². The van der Waals surface area contributed by atoms with Crippen molar-refractivity contribution in [2.45, 2.75) is 13.8 Å². The van der Waals surface area contributed by atoms with Crippen molar-refractivity contribution >= 4 is 33.5 Å². The first-order valence-corrected chi connectivity index (χ1v) is 6.39. The highest BCUT2D eigenvalue weighted by Gasteiger charge is 2.26. The van der Waals surface area contributed by atoms with E-state index in [4.69, 9.17) is 10.4 Å².